The van der Waals surface area contributed by atoms with Crippen molar-refractivity contribution in [3.8, 4) is 16.9 Å². The van der Waals surface area contributed by atoms with Crippen molar-refractivity contribution in [1.82, 2.24) is 19.6 Å². The molecule has 0 unspecified atom stereocenters. The van der Waals surface area contributed by atoms with Crippen LogP contribution in [0.25, 0.3) is 16.9 Å². The summed E-state index contributed by atoms with van der Waals surface area (Å²) >= 11 is 0. The van der Waals surface area contributed by atoms with E-state index in [1.807, 2.05) is 71.6 Å². The molecule has 1 aliphatic heterocycles. The second-order valence-electron chi connectivity index (χ2n) is 9.58. The molecule has 0 radical (unpaired) electrons. The van der Waals surface area contributed by atoms with Gasteiger partial charge in [0.05, 0.1) is 17.4 Å². The van der Waals surface area contributed by atoms with E-state index in [-0.39, 0.29) is 11.9 Å². The Kier molecular flexibility index (Phi) is 6.83. The summed E-state index contributed by atoms with van der Waals surface area (Å²) in [4.78, 5) is 18.4. The third-order valence-electron chi connectivity index (χ3n) is 7.20. The molecule has 38 heavy (non-hydrogen) atoms. The van der Waals surface area contributed by atoms with Crippen LogP contribution < -0.4 is 0 Å². The fourth-order valence-electron chi connectivity index (χ4n) is 5.28. The predicted molar refractivity (Wildman–Crippen MR) is 151 cm³/mol. The van der Waals surface area contributed by atoms with Crippen LogP contribution in [0.4, 0.5) is 0 Å². The van der Waals surface area contributed by atoms with Gasteiger partial charge in [-0.25, -0.2) is 4.68 Å². The van der Waals surface area contributed by atoms with E-state index in [0.29, 0.717) is 18.8 Å². The molecule has 4 aromatic carbocycles. The highest BCUT2D eigenvalue weighted by atomic mass is 16.2. The van der Waals surface area contributed by atoms with Crippen molar-refractivity contribution in [3.05, 3.63) is 144 Å². The van der Waals surface area contributed by atoms with Gasteiger partial charge in [0, 0.05) is 31.7 Å². The zero-order valence-corrected chi connectivity index (χ0v) is 21.2. The van der Waals surface area contributed by atoms with E-state index >= 15 is 0 Å². The minimum Gasteiger partial charge on any atom is -0.335 e. The van der Waals surface area contributed by atoms with Crippen molar-refractivity contribution in [3.63, 3.8) is 0 Å². The second kappa shape index (κ2) is 10.9. The van der Waals surface area contributed by atoms with E-state index in [4.69, 9.17) is 5.10 Å². The predicted octanol–water partition coefficient (Wildman–Crippen LogP) is 6.09. The number of benzene rings is 4. The molecule has 1 aliphatic rings. The van der Waals surface area contributed by atoms with E-state index in [1.165, 1.54) is 11.1 Å². The minimum atomic E-state index is 0.0131. The lowest BCUT2D eigenvalue weighted by Gasteiger charge is -2.39. The number of hydrogen-bond donors (Lipinski definition) is 0. The summed E-state index contributed by atoms with van der Waals surface area (Å²) in [6.45, 7) is 2.92. The Morgan fingerprint density at radius 3 is 1.68 bits per heavy atom. The van der Waals surface area contributed by atoms with E-state index in [1.54, 1.807) is 4.68 Å². The van der Waals surface area contributed by atoms with Crippen LogP contribution in [0.5, 0.6) is 0 Å². The van der Waals surface area contributed by atoms with Gasteiger partial charge >= 0.3 is 0 Å². The highest BCUT2D eigenvalue weighted by molar-refractivity contribution is 5.94. The molecule has 1 fully saturated rings. The number of rotatable bonds is 6. The summed E-state index contributed by atoms with van der Waals surface area (Å²) in [5.41, 5.74) is 5.80. The largest absolute Gasteiger partial charge is 0.335 e. The highest BCUT2D eigenvalue weighted by Crippen LogP contribution is 2.30. The van der Waals surface area contributed by atoms with Crippen LogP contribution in [0, 0.1) is 0 Å². The van der Waals surface area contributed by atoms with Crippen LogP contribution in [-0.2, 0) is 0 Å². The molecule has 0 N–H and O–H groups in total. The maximum Gasteiger partial charge on any atom is 0.272 e. The molecule has 0 saturated carbocycles. The molecular weight excluding hydrogens is 468 g/mol. The van der Waals surface area contributed by atoms with Crippen molar-refractivity contribution in [2.75, 3.05) is 26.2 Å². The third-order valence-corrected chi connectivity index (χ3v) is 7.20. The zero-order valence-electron chi connectivity index (χ0n) is 21.2. The lowest BCUT2D eigenvalue weighted by atomic mass is 9.96. The van der Waals surface area contributed by atoms with Crippen molar-refractivity contribution in [1.29, 1.82) is 0 Å². The molecule has 5 heteroatoms. The van der Waals surface area contributed by atoms with Gasteiger partial charge in [0.25, 0.3) is 5.91 Å². The molecule has 5 aromatic rings. The maximum atomic E-state index is 13.9. The fraction of sp³-hybridized carbons (Fsp3) is 0.152. The SMILES string of the molecule is O=C(c1cc(-c2ccccc2)nn1-c1ccccc1)N1CCN(C(c2ccccc2)c2ccccc2)CC1. The highest BCUT2D eigenvalue weighted by Gasteiger charge is 2.30. The average molecular weight is 499 g/mol. The molecule has 188 valence electrons. The van der Waals surface area contributed by atoms with Crippen LogP contribution in [0.2, 0.25) is 0 Å². The fourth-order valence-corrected chi connectivity index (χ4v) is 5.28. The van der Waals surface area contributed by atoms with E-state index < -0.39 is 0 Å². The molecule has 1 aromatic heterocycles. The number of para-hydroxylation sites is 1. The number of aromatic nitrogens is 2. The number of amides is 1. The van der Waals surface area contributed by atoms with Gasteiger partial charge in [-0.2, -0.15) is 5.10 Å². The first-order valence-corrected chi connectivity index (χ1v) is 13.1. The Hall–Kier alpha value is -4.48. The summed E-state index contributed by atoms with van der Waals surface area (Å²) in [5, 5.41) is 4.85. The van der Waals surface area contributed by atoms with Crippen LogP contribution in [-0.4, -0.2) is 51.7 Å². The van der Waals surface area contributed by atoms with Gasteiger partial charge in [-0.3, -0.25) is 9.69 Å². The summed E-state index contributed by atoms with van der Waals surface area (Å²) in [6, 6.07) is 43.3. The first-order chi connectivity index (χ1) is 18.8. The van der Waals surface area contributed by atoms with Gasteiger partial charge in [0.1, 0.15) is 5.69 Å². The van der Waals surface area contributed by atoms with Crippen molar-refractivity contribution >= 4 is 5.91 Å². The summed E-state index contributed by atoms with van der Waals surface area (Å²) in [7, 11) is 0. The number of hydrogen-bond acceptors (Lipinski definition) is 3. The second-order valence-corrected chi connectivity index (χ2v) is 9.58. The molecule has 0 bridgehead atoms. The Bertz CT molecular complexity index is 1440. The standard InChI is InChI=1S/C33H30N4O/c38-33(31-25-30(26-13-5-1-6-14-26)34-37(31)29-19-11-4-12-20-29)36-23-21-35(22-24-36)32(27-15-7-2-8-16-27)28-17-9-3-10-18-28/h1-20,25,32H,21-24H2. The minimum absolute atomic E-state index is 0.0131. The smallest absolute Gasteiger partial charge is 0.272 e. The number of carbonyl (C=O) groups excluding carboxylic acids is 1. The van der Waals surface area contributed by atoms with Gasteiger partial charge in [-0.05, 0) is 29.3 Å². The number of nitrogens with zero attached hydrogens (tertiary/aromatic N) is 4. The zero-order chi connectivity index (χ0) is 25.7. The molecule has 1 amide bonds. The Morgan fingerprint density at radius 1 is 0.632 bits per heavy atom. The van der Waals surface area contributed by atoms with Gasteiger partial charge < -0.3 is 4.90 Å². The third kappa shape index (κ3) is 4.89. The van der Waals surface area contributed by atoms with Crippen LogP contribution in [0.3, 0.4) is 0 Å². The monoisotopic (exact) mass is 498 g/mol. The first kappa shape index (κ1) is 23.9. The first-order valence-electron chi connectivity index (χ1n) is 13.1. The Balaban J connectivity index is 1.26. The van der Waals surface area contributed by atoms with Gasteiger partial charge in [0.15, 0.2) is 0 Å². The summed E-state index contributed by atoms with van der Waals surface area (Å²) < 4.78 is 1.79. The molecule has 0 aliphatic carbocycles. The lowest BCUT2D eigenvalue weighted by Crippen LogP contribution is -2.50. The maximum absolute atomic E-state index is 13.9. The van der Waals surface area contributed by atoms with Gasteiger partial charge in [0.2, 0.25) is 0 Å². The van der Waals surface area contributed by atoms with Gasteiger partial charge in [-0.1, -0.05) is 109 Å². The Morgan fingerprint density at radius 2 is 1.13 bits per heavy atom. The molecular formula is C33H30N4O. The lowest BCUT2D eigenvalue weighted by molar-refractivity contribution is 0.0589. The number of piperazine rings is 1. The summed E-state index contributed by atoms with van der Waals surface area (Å²) in [5.74, 6) is 0.0131. The van der Waals surface area contributed by atoms with Crippen molar-refractivity contribution in [2.45, 2.75) is 6.04 Å². The molecule has 0 spiro atoms. The van der Waals surface area contributed by atoms with Gasteiger partial charge in [-0.15, -0.1) is 0 Å². The molecule has 6 rings (SSSR count). The Labute approximate surface area is 223 Å². The molecule has 2 heterocycles. The average Bonchev–Trinajstić information content (AvgIpc) is 3.45. The van der Waals surface area contributed by atoms with Crippen molar-refractivity contribution < 1.29 is 4.79 Å². The van der Waals surface area contributed by atoms with E-state index in [2.05, 4.69) is 65.6 Å². The quantitative estimate of drug-likeness (QED) is 0.285. The van der Waals surface area contributed by atoms with E-state index in [9.17, 15) is 4.79 Å². The normalized spacial score (nSPS) is 14.1. The van der Waals surface area contributed by atoms with Crippen LogP contribution in [0.1, 0.15) is 27.7 Å². The summed E-state index contributed by atoms with van der Waals surface area (Å²) in [6.07, 6.45) is 0. The molecule has 0 atom stereocenters. The van der Waals surface area contributed by atoms with Crippen molar-refractivity contribution in [2.24, 2.45) is 0 Å². The van der Waals surface area contributed by atoms with Crippen LogP contribution >= 0.6 is 0 Å². The topological polar surface area (TPSA) is 41.4 Å². The molecule has 5 nitrogen and oxygen atoms in total. The van der Waals surface area contributed by atoms with E-state index in [0.717, 1.165) is 30.0 Å². The number of carbonyl (C=O) groups is 1. The molecule has 1 saturated heterocycles. The van der Waals surface area contributed by atoms with Crippen LogP contribution in [0.15, 0.2) is 127 Å².